The van der Waals surface area contributed by atoms with Gasteiger partial charge in [0.15, 0.2) is 0 Å². The van der Waals surface area contributed by atoms with E-state index >= 15 is 0 Å². The number of carbonyl (C=O) groups excluding carboxylic acids is 2. The lowest BCUT2D eigenvalue weighted by atomic mass is 9.85. The molecule has 0 fully saturated rings. The van der Waals surface area contributed by atoms with E-state index < -0.39 is 11.8 Å². The summed E-state index contributed by atoms with van der Waals surface area (Å²) in [4.78, 5) is 32.4. The van der Waals surface area contributed by atoms with Gasteiger partial charge in [0.25, 0.3) is 11.8 Å². The number of aliphatic hydroxyl groups is 1. The third-order valence-electron chi connectivity index (χ3n) is 8.48. The van der Waals surface area contributed by atoms with Gasteiger partial charge in [0.05, 0.1) is 37.6 Å². The minimum atomic E-state index is -0.514. The fourth-order valence-electron chi connectivity index (χ4n) is 6.34. The summed E-state index contributed by atoms with van der Waals surface area (Å²) < 4.78 is 5.22. The van der Waals surface area contributed by atoms with Gasteiger partial charge in [0.1, 0.15) is 0 Å². The van der Waals surface area contributed by atoms with Crippen LogP contribution in [0.2, 0.25) is 0 Å². The zero-order valence-corrected chi connectivity index (χ0v) is 26.2. The highest BCUT2D eigenvalue weighted by Gasteiger charge is 2.34. The summed E-state index contributed by atoms with van der Waals surface area (Å²) in [6, 6.07) is 49.0. The Kier molecular flexibility index (Phi) is 9.03. The maximum Gasteiger partial charge on any atom is 0.285 e. The first-order chi connectivity index (χ1) is 23.7. The molecule has 0 saturated heterocycles. The summed E-state index contributed by atoms with van der Waals surface area (Å²) in [6.45, 7) is 0.184. The Labute approximate surface area is 279 Å². The molecule has 6 aromatic carbocycles. The molecule has 0 unspecified atom stereocenters. The van der Waals surface area contributed by atoms with E-state index in [1.165, 1.54) is 0 Å². The lowest BCUT2D eigenvalue weighted by Crippen LogP contribution is -2.41. The molecule has 6 heteroatoms. The van der Waals surface area contributed by atoms with Gasteiger partial charge >= 0.3 is 0 Å². The molecule has 1 aliphatic heterocycles. The lowest BCUT2D eigenvalue weighted by molar-refractivity contribution is -0.110. The molecule has 236 valence electrons. The van der Waals surface area contributed by atoms with Crippen LogP contribution in [0.25, 0.3) is 33.0 Å². The van der Waals surface area contributed by atoms with Gasteiger partial charge in [0.2, 0.25) is 0 Å². The van der Waals surface area contributed by atoms with Crippen LogP contribution in [0.15, 0.2) is 146 Å². The van der Waals surface area contributed by atoms with Crippen LogP contribution in [0, 0.1) is 0 Å². The van der Waals surface area contributed by atoms with Gasteiger partial charge in [-0.3, -0.25) is 14.4 Å². The van der Waals surface area contributed by atoms with Gasteiger partial charge in [-0.2, -0.15) is 0 Å². The van der Waals surface area contributed by atoms with Gasteiger partial charge in [-0.05, 0) is 62.0 Å². The van der Waals surface area contributed by atoms with Crippen LogP contribution >= 0.6 is 0 Å². The molecule has 0 aliphatic carbocycles. The van der Waals surface area contributed by atoms with Gasteiger partial charge in [-0.25, -0.2) is 0 Å². The van der Waals surface area contributed by atoms with Crippen molar-refractivity contribution in [3.05, 3.63) is 179 Å². The molecule has 1 heterocycles. The molecule has 0 radical (unpaired) electrons. The topological polar surface area (TPSA) is 76.1 Å². The molecule has 0 atom stereocenters. The summed E-state index contributed by atoms with van der Waals surface area (Å²) in [7, 11) is 0. The number of hydroxylamine groups is 2. The molecule has 1 aliphatic rings. The molecule has 0 spiro atoms. The Hall–Kier alpha value is -5.66. The summed E-state index contributed by atoms with van der Waals surface area (Å²) >= 11 is 0. The number of aliphatic hydroxyl groups excluding tert-OH is 1. The minimum Gasteiger partial charge on any atom is -0.394 e. The van der Waals surface area contributed by atoms with Gasteiger partial charge in [0, 0.05) is 5.39 Å². The SMILES string of the molecule is O=C1c2cccc3c(-c4ccc(C(=C(c5ccccc5)c5ccccc5)c5ccccc5)cc4)ccc(c23)C(=O)N1OCCOCCO. The van der Waals surface area contributed by atoms with Crippen LogP contribution in [0.3, 0.4) is 0 Å². The van der Waals surface area contributed by atoms with Crippen molar-refractivity contribution in [1.82, 2.24) is 5.06 Å². The highest BCUT2D eigenvalue weighted by atomic mass is 16.7. The summed E-state index contributed by atoms with van der Waals surface area (Å²) in [6.07, 6.45) is 0. The summed E-state index contributed by atoms with van der Waals surface area (Å²) in [5.41, 5.74) is 9.38. The Morgan fingerprint density at radius 3 is 1.54 bits per heavy atom. The molecule has 0 aromatic heterocycles. The molecule has 0 saturated carbocycles. The Bertz CT molecular complexity index is 2040. The minimum absolute atomic E-state index is 0.00287. The van der Waals surface area contributed by atoms with Crippen molar-refractivity contribution in [3.63, 3.8) is 0 Å². The van der Waals surface area contributed by atoms with Gasteiger partial charge in [-0.15, -0.1) is 5.06 Å². The van der Waals surface area contributed by atoms with Crippen LogP contribution < -0.4 is 0 Å². The number of nitrogens with zero attached hydrogens (tertiary/aromatic N) is 1. The van der Waals surface area contributed by atoms with E-state index in [4.69, 9.17) is 14.7 Å². The molecule has 6 nitrogen and oxygen atoms in total. The average molecular weight is 632 g/mol. The summed E-state index contributed by atoms with van der Waals surface area (Å²) in [5.74, 6) is -1.03. The van der Waals surface area contributed by atoms with E-state index in [0.717, 1.165) is 55.0 Å². The maximum absolute atomic E-state index is 13.4. The zero-order valence-electron chi connectivity index (χ0n) is 26.2. The van der Waals surface area contributed by atoms with E-state index in [2.05, 4.69) is 97.1 Å². The van der Waals surface area contributed by atoms with Crippen LogP contribution in [0.4, 0.5) is 0 Å². The monoisotopic (exact) mass is 631 g/mol. The van der Waals surface area contributed by atoms with Crippen molar-refractivity contribution in [2.24, 2.45) is 0 Å². The molecule has 48 heavy (non-hydrogen) atoms. The Morgan fingerprint density at radius 2 is 1.00 bits per heavy atom. The number of carbonyl (C=O) groups is 2. The fraction of sp³-hybridized carbons (Fsp3) is 0.0952. The molecule has 1 N–H and O–H groups in total. The standard InChI is InChI=1S/C42H33NO5/c44-25-26-47-27-28-48-43-41(45)36-18-10-17-35-34(23-24-37(40(35)36)42(43)46)29-19-21-33(22-20-29)39(32-15-8-3-9-16-32)38(30-11-4-1-5-12-30)31-13-6-2-7-14-31/h1-24,44H,25-28H2. The highest BCUT2D eigenvalue weighted by molar-refractivity contribution is 6.26. The Balaban J connectivity index is 1.30. The Morgan fingerprint density at radius 1 is 0.500 bits per heavy atom. The first kappa shape index (κ1) is 31.0. The van der Waals surface area contributed by atoms with Crippen LogP contribution in [0.5, 0.6) is 0 Å². The van der Waals surface area contributed by atoms with Crippen LogP contribution in [-0.4, -0.2) is 48.4 Å². The van der Waals surface area contributed by atoms with Crippen molar-refractivity contribution >= 4 is 33.7 Å². The molecular formula is C42H33NO5. The van der Waals surface area contributed by atoms with E-state index in [1.54, 1.807) is 12.1 Å². The normalized spacial score (nSPS) is 12.4. The van der Waals surface area contributed by atoms with Crippen molar-refractivity contribution in [1.29, 1.82) is 0 Å². The van der Waals surface area contributed by atoms with E-state index in [9.17, 15) is 9.59 Å². The average Bonchev–Trinajstić information content (AvgIpc) is 3.15. The quantitative estimate of drug-likeness (QED) is 0.0890. The smallest absolute Gasteiger partial charge is 0.285 e. The zero-order chi connectivity index (χ0) is 32.9. The number of benzene rings is 6. The second-order valence-electron chi connectivity index (χ2n) is 11.4. The number of hydrogen-bond acceptors (Lipinski definition) is 5. The molecule has 2 amide bonds. The summed E-state index contributed by atoms with van der Waals surface area (Å²) in [5, 5.41) is 11.1. The third kappa shape index (κ3) is 5.96. The van der Waals surface area contributed by atoms with Gasteiger partial charge in [-0.1, -0.05) is 133 Å². The van der Waals surface area contributed by atoms with E-state index in [1.807, 2.05) is 36.4 Å². The van der Waals surface area contributed by atoms with Crippen molar-refractivity contribution in [3.8, 4) is 11.1 Å². The van der Waals surface area contributed by atoms with E-state index in [0.29, 0.717) is 16.5 Å². The highest BCUT2D eigenvalue weighted by Crippen LogP contribution is 2.40. The largest absolute Gasteiger partial charge is 0.394 e. The predicted octanol–water partition coefficient (Wildman–Crippen LogP) is 8.05. The number of imide groups is 1. The van der Waals surface area contributed by atoms with Crippen molar-refractivity contribution in [2.45, 2.75) is 0 Å². The molecular weight excluding hydrogens is 598 g/mol. The first-order valence-corrected chi connectivity index (χ1v) is 15.9. The van der Waals surface area contributed by atoms with Crippen molar-refractivity contribution < 1.29 is 24.3 Å². The van der Waals surface area contributed by atoms with E-state index in [-0.39, 0.29) is 26.4 Å². The number of ether oxygens (including phenoxy) is 1. The van der Waals surface area contributed by atoms with Crippen LogP contribution in [0.1, 0.15) is 43.0 Å². The molecule has 7 rings (SSSR count). The number of hydrogen-bond donors (Lipinski definition) is 1. The van der Waals surface area contributed by atoms with Crippen LogP contribution in [-0.2, 0) is 9.57 Å². The third-order valence-corrected chi connectivity index (χ3v) is 8.48. The number of rotatable bonds is 11. The maximum atomic E-state index is 13.4. The van der Waals surface area contributed by atoms with Crippen molar-refractivity contribution in [2.75, 3.05) is 26.4 Å². The second-order valence-corrected chi connectivity index (χ2v) is 11.4. The molecule has 0 bridgehead atoms. The number of amides is 2. The fourth-order valence-corrected chi connectivity index (χ4v) is 6.34. The first-order valence-electron chi connectivity index (χ1n) is 15.9. The van der Waals surface area contributed by atoms with Gasteiger partial charge < -0.3 is 9.84 Å². The predicted molar refractivity (Wildman–Crippen MR) is 188 cm³/mol. The molecule has 6 aromatic rings. The second kappa shape index (κ2) is 14.0. The lowest BCUT2D eigenvalue weighted by Gasteiger charge is -2.26.